The van der Waals surface area contributed by atoms with Crippen LogP contribution in [0, 0.1) is 23.7 Å². The lowest BCUT2D eigenvalue weighted by Crippen LogP contribution is -2.57. The van der Waals surface area contributed by atoms with Crippen LogP contribution in [0.4, 0.5) is 0 Å². The Morgan fingerprint density at radius 3 is 1.55 bits per heavy atom. The van der Waals surface area contributed by atoms with Gasteiger partial charge in [-0.15, -0.1) is 0 Å². The Labute approximate surface area is 365 Å². The number of amides is 6. The fraction of sp³-hybridized carbons (Fsp3) is 0.622. The molecule has 0 fully saturated rings. The van der Waals surface area contributed by atoms with Crippen molar-refractivity contribution in [3.05, 3.63) is 36.4 Å². The van der Waals surface area contributed by atoms with Gasteiger partial charge in [-0.3, -0.25) is 28.8 Å². The van der Waals surface area contributed by atoms with E-state index in [0.717, 1.165) is 10.8 Å². The van der Waals surface area contributed by atoms with Crippen LogP contribution in [-0.2, 0) is 38.3 Å². The van der Waals surface area contributed by atoms with Gasteiger partial charge in [-0.1, -0.05) is 73.9 Å². The third-order valence-corrected chi connectivity index (χ3v) is 10.3. The summed E-state index contributed by atoms with van der Waals surface area (Å²) in [4.78, 5) is 89.3. The second kappa shape index (κ2) is 26.1. The predicted molar refractivity (Wildman–Crippen MR) is 235 cm³/mol. The average molecular weight is 871 g/mol. The first-order valence-corrected chi connectivity index (χ1v) is 21.5. The molecule has 17 nitrogen and oxygen atoms in total. The number of carbonyl (C=O) groups excluding carboxylic acids is 7. The van der Waals surface area contributed by atoms with E-state index in [1.54, 1.807) is 34.6 Å². The highest BCUT2D eigenvalue weighted by Gasteiger charge is 2.33. The van der Waals surface area contributed by atoms with E-state index in [1.807, 2.05) is 57.2 Å². The molecule has 0 radical (unpaired) electrons. The minimum atomic E-state index is -1.28. The summed E-state index contributed by atoms with van der Waals surface area (Å²) in [5, 5.41) is 25.1. The van der Waals surface area contributed by atoms with Crippen molar-refractivity contribution in [1.82, 2.24) is 26.6 Å². The number of benzene rings is 2. The molecule has 0 aliphatic rings. The van der Waals surface area contributed by atoms with Gasteiger partial charge in [0.15, 0.2) is 0 Å². The summed E-state index contributed by atoms with van der Waals surface area (Å²) >= 11 is 0. The first-order valence-electron chi connectivity index (χ1n) is 21.5. The van der Waals surface area contributed by atoms with Gasteiger partial charge in [0, 0.05) is 12.8 Å². The molecule has 0 bridgehead atoms. The van der Waals surface area contributed by atoms with E-state index in [1.165, 1.54) is 14.0 Å². The van der Waals surface area contributed by atoms with Crippen LogP contribution in [0.1, 0.15) is 101 Å². The SMILES string of the molecule is CC[C@H](C)[C@H](NC(=O)CCCOc1ccc2ccc(OCCCC(=O)N[C@H](C(=O)N[C@@H](CC(C)C)C(=O)N[C@H](C(=O)OC)C(C)C)C(C)C)cc2c1)C(=O)N[C@H](C(N)=O)C(C)O. The zero-order valence-electron chi connectivity index (χ0n) is 38.0. The van der Waals surface area contributed by atoms with Gasteiger partial charge in [-0.25, -0.2) is 4.79 Å². The minimum absolute atomic E-state index is 0.0486. The zero-order chi connectivity index (χ0) is 46.7. The molecular formula is C45H70N6O11. The maximum Gasteiger partial charge on any atom is 0.328 e. The van der Waals surface area contributed by atoms with Gasteiger partial charge >= 0.3 is 5.97 Å². The van der Waals surface area contributed by atoms with Gasteiger partial charge in [0.1, 0.15) is 41.7 Å². The normalized spacial score (nSPS) is 14.7. The largest absolute Gasteiger partial charge is 0.494 e. The van der Waals surface area contributed by atoms with Crippen molar-refractivity contribution in [2.75, 3.05) is 20.3 Å². The third-order valence-electron chi connectivity index (χ3n) is 10.3. The molecule has 0 spiro atoms. The number of ether oxygens (including phenoxy) is 3. The fourth-order valence-electron chi connectivity index (χ4n) is 6.47. The number of nitrogens with one attached hydrogen (secondary N) is 5. The van der Waals surface area contributed by atoms with Crippen LogP contribution in [-0.4, -0.2) is 103 Å². The lowest BCUT2D eigenvalue weighted by Gasteiger charge is -2.28. The maximum atomic E-state index is 13.4. The van der Waals surface area contributed by atoms with E-state index < -0.39 is 65.9 Å². The van der Waals surface area contributed by atoms with Gasteiger partial charge in [0.25, 0.3) is 0 Å². The lowest BCUT2D eigenvalue weighted by atomic mass is 9.97. The van der Waals surface area contributed by atoms with Crippen LogP contribution < -0.4 is 41.8 Å². The molecule has 2 aromatic rings. The Morgan fingerprint density at radius 1 is 0.629 bits per heavy atom. The van der Waals surface area contributed by atoms with Crippen molar-refractivity contribution in [3.63, 3.8) is 0 Å². The number of aliphatic hydroxyl groups excluding tert-OH is 1. The number of hydrogen-bond acceptors (Lipinski definition) is 11. The first-order chi connectivity index (χ1) is 29.2. The lowest BCUT2D eigenvalue weighted by molar-refractivity contribution is -0.146. The summed E-state index contributed by atoms with van der Waals surface area (Å²) in [7, 11) is 1.25. The summed E-state index contributed by atoms with van der Waals surface area (Å²) in [6.07, 6.45) is 0.612. The number of primary amides is 1. The van der Waals surface area contributed by atoms with Gasteiger partial charge in [0.2, 0.25) is 35.4 Å². The van der Waals surface area contributed by atoms with Crippen LogP contribution in [0.5, 0.6) is 11.5 Å². The Hall–Kier alpha value is -5.45. The molecule has 0 saturated heterocycles. The van der Waals surface area contributed by atoms with Crippen LogP contribution in [0.15, 0.2) is 36.4 Å². The Bertz CT molecular complexity index is 1820. The molecule has 2 rings (SSSR count). The van der Waals surface area contributed by atoms with Crippen molar-refractivity contribution in [3.8, 4) is 11.5 Å². The highest BCUT2D eigenvalue weighted by Crippen LogP contribution is 2.26. The molecular weight excluding hydrogens is 801 g/mol. The molecule has 62 heavy (non-hydrogen) atoms. The monoisotopic (exact) mass is 871 g/mol. The highest BCUT2D eigenvalue weighted by atomic mass is 16.5. The molecule has 6 amide bonds. The fourth-order valence-corrected chi connectivity index (χ4v) is 6.47. The molecule has 0 heterocycles. The van der Waals surface area contributed by atoms with Crippen LogP contribution in [0.2, 0.25) is 0 Å². The summed E-state index contributed by atoms with van der Waals surface area (Å²) in [5.74, 6) is -3.33. The molecule has 0 saturated carbocycles. The molecule has 2 aromatic carbocycles. The van der Waals surface area contributed by atoms with Crippen LogP contribution in [0.3, 0.4) is 0 Å². The second-order valence-corrected chi connectivity index (χ2v) is 16.9. The summed E-state index contributed by atoms with van der Waals surface area (Å²) in [6.45, 7) is 16.5. The number of esters is 1. The number of rotatable bonds is 27. The van der Waals surface area contributed by atoms with Crippen LogP contribution >= 0.6 is 0 Å². The topological polar surface area (TPSA) is 254 Å². The summed E-state index contributed by atoms with van der Waals surface area (Å²) in [6, 6.07) is 6.24. The van der Waals surface area contributed by atoms with Crippen molar-refractivity contribution in [2.24, 2.45) is 29.4 Å². The van der Waals surface area contributed by atoms with Crippen LogP contribution in [0.25, 0.3) is 10.8 Å². The Kier molecular flexibility index (Phi) is 22.2. The van der Waals surface area contributed by atoms with Gasteiger partial charge in [0.05, 0.1) is 26.4 Å². The summed E-state index contributed by atoms with van der Waals surface area (Å²) in [5.41, 5.74) is 5.31. The van der Waals surface area contributed by atoms with E-state index in [0.29, 0.717) is 37.2 Å². The molecule has 0 aromatic heterocycles. The standard InChI is InChI=1S/C45H70N6O11/c1-11-28(8)39(44(58)51-40(29(9)52)41(46)55)49-36(54)15-13-21-62-33-19-17-30-16-18-32(23-31(30)24-33)61-20-12-14-35(53)48-37(26(4)5)43(57)47-34(22-25(2)3)42(56)50-38(27(6)7)45(59)60-10/h16-19,23-29,34,37-40,52H,11-15,20-22H2,1-10H3,(H2,46,55)(H,47,57)(H,48,53)(H,49,54)(H,50,56)(H,51,58)/t28-,29?,34-,37-,38-,39-,40-/m0/s1. The Balaban J connectivity index is 1.91. The molecule has 0 aliphatic heterocycles. The molecule has 8 N–H and O–H groups in total. The Morgan fingerprint density at radius 2 is 1.11 bits per heavy atom. The van der Waals surface area contributed by atoms with Gasteiger partial charge in [-0.05, 0) is 84.9 Å². The van der Waals surface area contributed by atoms with Gasteiger partial charge in [-0.2, -0.15) is 0 Å². The number of carbonyl (C=O) groups is 7. The molecule has 0 aliphatic carbocycles. The average Bonchev–Trinajstić information content (AvgIpc) is 3.21. The minimum Gasteiger partial charge on any atom is -0.494 e. The van der Waals surface area contributed by atoms with E-state index in [2.05, 4.69) is 26.6 Å². The molecule has 7 atom stereocenters. The number of aliphatic hydroxyl groups is 1. The predicted octanol–water partition coefficient (Wildman–Crippen LogP) is 3.03. The van der Waals surface area contributed by atoms with Crippen molar-refractivity contribution in [2.45, 2.75) is 137 Å². The highest BCUT2D eigenvalue weighted by molar-refractivity contribution is 5.94. The van der Waals surface area contributed by atoms with E-state index in [9.17, 15) is 38.7 Å². The smallest absolute Gasteiger partial charge is 0.328 e. The number of hydrogen-bond donors (Lipinski definition) is 7. The third kappa shape index (κ3) is 17.5. The summed E-state index contributed by atoms with van der Waals surface area (Å²) < 4.78 is 16.7. The van der Waals surface area contributed by atoms with Crippen molar-refractivity contribution >= 4 is 52.2 Å². The quantitative estimate of drug-likeness (QED) is 0.0508. The first kappa shape index (κ1) is 52.7. The molecule has 346 valence electrons. The zero-order valence-corrected chi connectivity index (χ0v) is 38.0. The number of fused-ring (bicyclic) bond motifs is 1. The van der Waals surface area contributed by atoms with E-state index >= 15 is 0 Å². The maximum absolute atomic E-state index is 13.4. The van der Waals surface area contributed by atoms with E-state index in [-0.39, 0.29) is 61.5 Å². The van der Waals surface area contributed by atoms with Crippen molar-refractivity contribution in [1.29, 1.82) is 0 Å². The van der Waals surface area contributed by atoms with Gasteiger partial charge < -0.3 is 51.6 Å². The number of nitrogens with two attached hydrogens (primary N) is 1. The second-order valence-electron chi connectivity index (χ2n) is 16.9. The molecule has 17 heteroatoms. The number of methoxy groups -OCH3 is 1. The molecule has 1 unspecified atom stereocenters. The van der Waals surface area contributed by atoms with E-state index in [4.69, 9.17) is 19.9 Å². The van der Waals surface area contributed by atoms with Crippen molar-refractivity contribution < 1.29 is 52.9 Å².